The summed E-state index contributed by atoms with van der Waals surface area (Å²) in [6, 6.07) is 7.39. The number of ether oxygens (including phenoxy) is 2. The molecule has 1 aromatic carbocycles. The van der Waals surface area contributed by atoms with Gasteiger partial charge in [0.25, 0.3) is 0 Å². The Bertz CT molecular complexity index is 441. The molecule has 0 bridgehead atoms. The summed E-state index contributed by atoms with van der Waals surface area (Å²) in [4.78, 5) is 11.3. The van der Waals surface area contributed by atoms with Gasteiger partial charge >= 0.3 is 5.97 Å². The van der Waals surface area contributed by atoms with Crippen LogP contribution >= 0.6 is 0 Å². The van der Waals surface area contributed by atoms with E-state index in [0.29, 0.717) is 11.8 Å². The third-order valence-corrected chi connectivity index (χ3v) is 3.16. The van der Waals surface area contributed by atoms with Gasteiger partial charge in [-0.2, -0.15) is 0 Å². The number of benzene rings is 1. The van der Waals surface area contributed by atoms with Crippen molar-refractivity contribution in [2.75, 3.05) is 13.7 Å². The maximum atomic E-state index is 11.3. The molecule has 0 aromatic heterocycles. The predicted octanol–water partition coefficient (Wildman–Crippen LogP) is 1.67. The minimum Gasteiger partial charge on any atom is -0.497 e. The second-order valence-electron chi connectivity index (χ2n) is 5.02. The molecule has 1 unspecified atom stereocenters. The lowest BCUT2D eigenvalue weighted by molar-refractivity contribution is -0.145. The van der Waals surface area contributed by atoms with E-state index in [1.807, 2.05) is 0 Å². The fraction of sp³-hybridized carbons (Fsp3) is 0.500. The molecule has 104 valence electrons. The maximum Gasteiger partial charge on any atom is 0.327 e. The van der Waals surface area contributed by atoms with E-state index in [1.165, 1.54) is 0 Å². The fourth-order valence-electron chi connectivity index (χ4n) is 1.74. The zero-order chi connectivity index (χ0) is 13.9. The normalized spacial score (nSPS) is 17.6. The summed E-state index contributed by atoms with van der Waals surface area (Å²) in [6.45, 7) is 1.74. The van der Waals surface area contributed by atoms with Crippen LogP contribution in [0.2, 0.25) is 0 Å². The molecule has 0 aliphatic heterocycles. The topological polar surface area (TPSA) is 67.8 Å². The van der Waals surface area contributed by atoms with Crippen LogP contribution < -0.4 is 14.8 Å². The monoisotopic (exact) mass is 265 g/mol. The van der Waals surface area contributed by atoms with Crippen molar-refractivity contribution < 1.29 is 19.4 Å². The number of carboxylic acid groups (broad SMARTS) is 1. The highest BCUT2D eigenvalue weighted by atomic mass is 16.5. The molecule has 1 aliphatic rings. The van der Waals surface area contributed by atoms with E-state index in [4.69, 9.17) is 9.47 Å². The number of hydrogen-bond acceptors (Lipinski definition) is 4. The lowest BCUT2D eigenvalue weighted by Gasteiger charge is -2.26. The predicted molar refractivity (Wildman–Crippen MR) is 70.7 cm³/mol. The Hall–Kier alpha value is -1.75. The van der Waals surface area contributed by atoms with E-state index in [2.05, 4.69) is 5.32 Å². The van der Waals surface area contributed by atoms with E-state index in [0.717, 1.165) is 18.6 Å². The van der Waals surface area contributed by atoms with E-state index in [9.17, 15) is 9.90 Å². The first kappa shape index (κ1) is 13.7. The number of carbonyl (C=O) groups is 1. The lowest BCUT2D eigenvalue weighted by atomic mass is 10.0. The molecule has 1 fully saturated rings. The van der Waals surface area contributed by atoms with E-state index in [1.54, 1.807) is 38.3 Å². The second kappa shape index (κ2) is 5.48. The molecule has 0 saturated heterocycles. The van der Waals surface area contributed by atoms with Crippen LogP contribution in [-0.2, 0) is 4.79 Å². The molecular weight excluding hydrogens is 246 g/mol. The van der Waals surface area contributed by atoms with Crippen molar-refractivity contribution in [1.29, 1.82) is 0 Å². The van der Waals surface area contributed by atoms with Crippen LogP contribution in [0.5, 0.6) is 11.5 Å². The summed E-state index contributed by atoms with van der Waals surface area (Å²) in [6.07, 6.45) is 2.07. The average Bonchev–Trinajstić information content (AvgIpc) is 3.20. The standard InChI is InChI=1S/C14H19NO4/c1-14(13(16)17,15-10-3-4-10)9-19-12-7-5-11(18-2)6-8-12/h5-8,10,15H,3-4,9H2,1-2H3,(H,16,17). The van der Waals surface area contributed by atoms with Crippen molar-refractivity contribution in [3.05, 3.63) is 24.3 Å². The molecule has 1 aromatic rings. The Balaban J connectivity index is 1.95. The molecule has 1 atom stereocenters. The van der Waals surface area contributed by atoms with Crippen LogP contribution in [0.25, 0.3) is 0 Å². The molecule has 0 radical (unpaired) electrons. The van der Waals surface area contributed by atoms with Crippen molar-refractivity contribution in [2.45, 2.75) is 31.3 Å². The molecule has 1 aliphatic carbocycles. The summed E-state index contributed by atoms with van der Waals surface area (Å²) in [5.74, 6) is 0.475. The molecule has 0 amide bonds. The number of hydrogen-bond donors (Lipinski definition) is 2. The summed E-state index contributed by atoms with van der Waals surface area (Å²) in [5, 5.41) is 12.4. The van der Waals surface area contributed by atoms with Crippen LogP contribution in [-0.4, -0.2) is 36.4 Å². The highest BCUT2D eigenvalue weighted by molar-refractivity contribution is 5.78. The summed E-state index contributed by atoms with van der Waals surface area (Å²) in [7, 11) is 1.59. The highest BCUT2D eigenvalue weighted by Crippen LogP contribution is 2.24. The van der Waals surface area contributed by atoms with Crippen LogP contribution in [0.1, 0.15) is 19.8 Å². The van der Waals surface area contributed by atoms with Gasteiger partial charge in [0.1, 0.15) is 23.6 Å². The van der Waals surface area contributed by atoms with Crippen LogP contribution in [0.15, 0.2) is 24.3 Å². The molecule has 2 rings (SSSR count). The summed E-state index contributed by atoms with van der Waals surface area (Å²) < 4.78 is 10.6. The van der Waals surface area contributed by atoms with E-state index < -0.39 is 11.5 Å². The van der Waals surface area contributed by atoms with Gasteiger partial charge < -0.3 is 14.6 Å². The van der Waals surface area contributed by atoms with Crippen molar-refractivity contribution in [3.63, 3.8) is 0 Å². The van der Waals surface area contributed by atoms with Gasteiger partial charge in [-0.25, -0.2) is 0 Å². The molecule has 0 spiro atoms. The van der Waals surface area contributed by atoms with Crippen LogP contribution in [0, 0.1) is 0 Å². The van der Waals surface area contributed by atoms with Gasteiger partial charge in [-0.1, -0.05) is 0 Å². The Morgan fingerprint density at radius 3 is 2.42 bits per heavy atom. The Kier molecular flexibility index (Phi) is 3.95. The van der Waals surface area contributed by atoms with Gasteiger partial charge in [0, 0.05) is 6.04 Å². The van der Waals surface area contributed by atoms with Crippen molar-refractivity contribution in [1.82, 2.24) is 5.32 Å². The van der Waals surface area contributed by atoms with Crippen molar-refractivity contribution in [2.24, 2.45) is 0 Å². The molecule has 2 N–H and O–H groups in total. The average molecular weight is 265 g/mol. The first-order chi connectivity index (χ1) is 9.03. The largest absolute Gasteiger partial charge is 0.497 e. The first-order valence-electron chi connectivity index (χ1n) is 6.31. The van der Waals surface area contributed by atoms with Gasteiger partial charge in [0.2, 0.25) is 0 Å². The molecule has 5 nitrogen and oxygen atoms in total. The summed E-state index contributed by atoms with van der Waals surface area (Å²) in [5.41, 5.74) is -1.05. The SMILES string of the molecule is COc1ccc(OCC(C)(NC2CC2)C(=O)O)cc1. The van der Waals surface area contributed by atoms with Gasteiger partial charge in [-0.05, 0) is 44.0 Å². The molecule has 1 saturated carbocycles. The molecule has 5 heteroatoms. The van der Waals surface area contributed by atoms with Crippen molar-refractivity contribution in [3.8, 4) is 11.5 Å². The third-order valence-electron chi connectivity index (χ3n) is 3.16. The first-order valence-corrected chi connectivity index (χ1v) is 6.31. The molecule has 0 heterocycles. The van der Waals surface area contributed by atoms with Gasteiger partial charge in [-0.15, -0.1) is 0 Å². The van der Waals surface area contributed by atoms with E-state index >= 15 is 0 Å². The quantitative estimate of drug-likeness (QED) is 0.785. The van der Waals surface area contributed by atoms with E-state index in [-0.39, 0.29) is 6.61 Å². The molecular formula is C14H19NO4. The van der Waals surface area contributed by atoms with Crippen LogP contribution in [0.3, 0.4) is 0 Å². The molecule has 19 heavy (non-hydrogen) atoms. The minimum absolute atomic E-state index is 0.0885. The number of nitrogens with one attached hydrogen (secondary N) is 1. The van der Waals surface area contributed by atoms with Crippen LogP contribution in [0.4, 0.5) is 0 Å². The Labute approximate surface area is 112 Å². The number of carboxylic acids is 1. The lowest BCUT2D eigenvalue weighted by Crippen LogP contribution is -2.54. The number of aliphatic carboxylic acids is 1. The van der Waals surface area contributed by atoms with Gasteiger partial charge in [0.05, 0.1) is 7.11 Å². The highest BCUT2D eigenvalue weighted by Gasteiger charge is 2.39. The van der Waals surface area contributed by atoms with Gasteiger partial charge in [0.15, 0.2) is 0 Å². The Morgan fingerprint density at radius 1 is 1.37 bits per heavy atom. The minimum atomic E-state index is -1.05. The number of methoxy groups -OCH3 is 1. The van der Waals surface area contributed by atoms with Crippen molar-refractivity contribution >= 4 is 5.97 Å². The Morgan fingerprint density at radius 2 is 1.95 bits per heavy atom. The zero-order valence-electron chi connectivity index (χ0n) is 11.2. The maximum absolute atomic E-state index is 11.3. The fourth-order valence-corrected chi connectivity index (χ4v) is 1.74. The number of rotatable bonds is 7. The zero-order valence-corrected chi connectivity index (χ0v) is 11.2. The summed E-state index contributed by atoms with van der Waals surface area (Å²) >= 11 is 0. The smallest absolute Gasteiger partial charge is 0.327 e. The second-order valence-corrected chi connectivity index (χ2v) is 5.02. The third kappa shape index (κ3) is 3.61. The van der Waals surface area contributed by atoms with Gasteiger partial charge in [-0.3, -0.25) is 10.1 Å².